The maximum absolute atomic E-state index is 9.94. The molecule has 1 rings (SSSR count). The van der Waals surface area contributed by atoms with Gasteiger partial charge in [0.15, 0.2) is 0 Å². The van der Waals surface area contributed by atoms with Crippen molar-refractivity contribution < 1.29 is 24.8 Å². The molecule has 142 valence electrons. The van der Waals surface area contributed by atoms with E-state index in [1.807, 2.05) is 0 Å². The monoisotopic (exact) mass is 344 g/mol. The summed E-state index contributed by atoms with van der Waals surface area (Å²) in [5.74, 6) is 0. The first-order valence-corrected chi connectivity index (χ1v) is 9.55. The van der Waals surface area contributed by atoms with Crippen molar-refractivity contribution in [2.24, 2.45) is 0 Å². The number of allylic oxidation sites excluding steroid dienone is 2. The maximum atomic E-state index is 9.94. The Hall–Kier alpha value is -0.460. The largest absolute Gasteiger partial charge is 0.394 e. The standard InChI is InChI=1S/C19H36O5/c1-2-3-4-5-6-7-8-9-10-11-12-13-23-19-17(14-20)24-15-16(21)18(19)22/h8-9,16-22H,2-7,10-15H2,1H3/b9-8+/t16-,17+,18+,19+/m0/s1. The molecule has 1 saturated heterocycles. The van der Waals surface area contributed by atoms with E-state index in [-0.39, 0.29) is 13.2 Å². The van der Waals surface area contributed by atoms with Crippen LogP contribution in [0.1, 0.15) is 64.7 Å². The van der Waals surface area contributed by atoms with Crippen LogP contribution >= 0.6 is 0 Å². The van der Waals surface area contributed by atoms with Gasteiger partial charge in [-0.05, 0) is 32.1 Å². The number of ether oxygens (including phenoxy) is 2. The molecule has 4 atom stereocenters. The van der Waals surface area contributed by atoms with Crippen LogP contribution in [0.3, 0.4) is 0 Å². The van der Waals surface area contributed by atoms with Gasteiger partial charge in [-0.15, -0.1) is 0 Å². The molecule has 3 N–H and O–H groups in total. The number of rotatable bonds is 13. The Bertz CT molecular complexity index is 319. The van der Waals surface area contributed by atoms with Gasteiger partial charge in [-0.2, -0.15) is 0 Å². The summed E-state index contributed by atoms with van der Waals surface area (Å²) in [5, 5.41) is 28.8. The third-order valence-corrected chi connectivity index (χ3v) is 4.47. The summed E-state index contributed by atoms with van der Waals surface area (Å²) in [7, 11) is 0. The number of unbranched alkanes of at least 4 members (excludes halogenated alkanes) is 7. The molecule has 5 heteroatoms. The molecule has 1 aliphatic rings. The molecule has 1 heterocycles. The summed E-state index contributed by atoms with van der Waals surface area (Å²) < 4.78 is 10.9. The number of hydrogen-bond donors (Lipinski definition) is 3. The summed E-state index contributed by atoms with van der Waals surface area (Å²) in [4.78, 5) is 0. The first kappa shape index (κ1) is 21.6. The summed E-state index contributed by atoms with van der Waals surface area (Å²) in [6.45, 7) is 2.56. The topological polar surface area (TPSA) is 79.2 Å². The van der Waals surface area contributed by atoms with Crippen LogP contribution in [0, 0.1) is 0 Å². The average Bonchev–Trinajstić information content (AvgIpc) is 2.59. The van der Waals surface area contributed by atoms with E-state index in [0.29, 0.717) is 6.61 Å². The molecular weight excluding hydrogens is 308 g/mol. The average molecular weight is 344 g/mol. The predicted molar refractivity (Wildman–Crippen MR) is 94.9 cm³/mol. The van der Waals surface area contributed by atoms with E-state index in [1.54, 1.807) is 0 Å². The maximum Gasteiger partial charge on any atom is 0.114 e. The van der Waals surface area contributed by atoms with E-state index < -0.39 is 24.4 Å². The fraction of sp³-hybridized carbons (Fsp3) is 0.895. The van der Waals surface area contributed by atoms with Crippen LogP contribution < -0.4 is 0 Å². The van der Waals surface area contributed by atoms with Gasteiger partial charge in [0, 0.05) is 6.61 Å². The highest BCUT2D eigenvalue weighted by atomic mass is 16.6. The van der Waals surface area contributed by atoms with Crippen LogP contribution in [-0.4, -0.2) is 59.6 Å². The SMILES string of the molecule is CCCCCCC/C=C/CCCCO[C@H]1[C@H](O)[C@@H](O)CO[C@@H]1CO. The van der Waals surface area contributed by atoms with Gasteiger partial charge in [-0.1, -0.05) is 44.8 Å². The summed E-state index contributed by atoms with van der Waals surface area (Å²) >= 11 is 0. The van der Waals surface area contributed by atoms with Gasteiger partial charge in [-0.25, -0.2) is 0 Å². The summed E-state index contributed by atoms with van der Waals surface area (Å²) in [5.41, 5.74) is 0. The Morgan fingerprint density at radius 3 is 2.33 bits per heavy atom. The minimum Gasteiger partial charge on any atom is -0.394 e. The van der Waals surface area contributed by atoms with Gasteiger partial charge in [0.1, 0.15) is 24.4 Å². The molecule has 0 amide bonds. The molecule has 5 nitrogen and oxygen atoms in total. The zero-order valence-corrected chi connectivity index (χ0v) is 15.1. The molecule has 0 aromatic rings. The minimum absolute atomic E-state index is 0.0372. The van der Waals surface area contributed by atoms with Crippen LogP contribution in [0.15, 0.2) is 12.2 Å². The minimum atomic E-state index is -0.997. The molecule has 0 radical (unpaired) electrons. The van der Waals surface area contributed by atoms with Crippen molar-refractivity contribution in [1.29, 1.82) is 0 Å². The quantitative estimate of drug-likeness (QED) is 0.353. The lowest BCUT2D eigenvalue weighted by Gasteiger charge is -2.37. The van der Waals surface area contributed by atoms with Crippen molar-refractivity contribution in [2.75, 3.05) is 19.8 Å². The van der Waals surface area contributed by atoms with E-state index in [0.717, 1.165) is 19.3 Å². The Morgan fingerprint density at radius 1 is 1.00 bits per heavy atom. The highest BCUT2D eigenvalue weighted by molar-refractivity contribution is 4.87. The molecule has 0 bridgehead atoms. The van der Waals surface area contributed by atoms with E-state index in [9.17, 15) is 15.3 Å². The molecule has 0 aromatic carbocycles. The number of hydrogen-bond acceptors (Lipinski definition) is 5. The summed E-state index contributed by atoms with van der Waals surface area (Å²) in [6.07, 6.45) is 12.1. The van der Waals surface area contributed by atoms with Crippen LogP contribution in [0.5, 0.6) is 0 Å². The second-order valence-corrected chi connectivity index (χ2v) is 6.62. The fourth-order valence-corrected chi connectivity index (χ4v) is 2.90. The second-order valence-electron chi connectivity index (χ2n) is 6.62. The first-order valence-electron chi connectivity index (χ1n) is 9.55. The van der Waals surface area contributed by atoms with Gasteiger partial charge < -0.3 is 24.8 Å². The van der Waals surface area contributed by atoms with E-state index in [4.69, 9.17) is 9.47 Å². The number of aliphatic hydroxyl groups is 3. The number of aliphatic hydroxyl groups excluding tert-OH is 3. The third kappa shape index (κ3) is 8.58. The van der Waals surface area contributed by atoms with Crippen molar-refractivity contribution in [3.63, 3.8) is 0 Å². The normalized spacial score (nSPS) is 27.8. The summed E-state index contributed by atoms with van der Waals surface area (Å²) in [6, 6.07) is 0. The van der Waals surface area contributed by atoms with Crippen LogP contribution in [0.4, 0.5) is 0 Å². The van der Waals surface area contributed by atoms with Gasteiger partial charge in [0.05, 0.1) is 13.2 Å². The van der Waals surface area contributed by atoms with Crippen LogP contribution in [0.25, 0.3) is 0 Å². The lowest BCUT2D eigenvalue weighted by atomic mass is 10.0. The lowest BCUT2D eigenvalue weighted by molar-refractivity contribution is -0.211. The zero-order chi connectivity index (χ0) is 17.6. The third-order valence-electron chi connectivity index (χ3n) is 4.47. The van der Waals surface area contributed by atoms with Crippen molar-refractivity contribution in [2.45, 2.75) is 89.1 Å². The first-order chi connectivity index (χ1) is 11.7. The zero-order valence-electron chi connectivity index (χ0n) is 15.1. The molecule has 0 aromatic heterocycles. The van der Waals surface area contributed by atoms with Crippen molar-refractivity contribution in [3.05, 3.63) is 12.2 Å². The molecule has 0 spiro atoms. The van der Waals surface area contributed by atoms with Gasteiger partial charge >= 0.3 is 0 Å². The molecule has 0 saturated carbocycles. The van der Waals surface area contributed by atoms with Crippen LogP contribution in [-0.2, 0) is 9.47 Å². The smallest absolute Gasteiger partial charge is 0.114 e. The Balaban J connectivity index is 2.02. The molecule has 1 fully saturated rings. The van der Waals surface area contributed by atoms with Crippen molar-refractivity contribution in [1.82, 2.24) is 0 Å². The van der Waals surface area contributed by atoms with Crippen molar-refractivity contribution >= 4 is 0 Å². The second kappa shape index (κ2) is 13.8. The molecule has 0 unspecified atom stereocenters. The highest BCUT2D eigenvalue weighted by Gasteiger charge is 2.39. The van der Waals surface area contributed by atoms with Crippen LogP contribution in [0.2, 0.25) is 0 Å². The van der Waals surface area contributed by atoms with E-state index >= 15 is 0 Å². The molecule has 0 aliphatic carbocycles. The Labute approximate surface area is 146 Å². The van der Waals surface area contributed by atoms with Crippen molar-refractivity contribution in [3.8, 4) is 0 Å². The van der Waals surface area contributed by atoms with Gasteiger partial charge in [-0.3, -0.25) is 0 Å². The lowest BCUT2D eigenvalue weighted by Crippen LogP contribution is -2.55. The fourth-order valence-electron chi connectivity index (χ4n) is 2.90. The predicted octanol–water partition coefficient (Wildman–Crippen LogP) is 2.57. The van der Waals surface area contributed by atoms with E-state index in [2.05, 4.69) is 19.1 Å². The molecule has 1 aliphatic heterocycles. The van der Waals surface area contributed by atoms with E-state index in [1.165, 1.54) is 38.5 Å². The Morgan fingerprint density at radius 2 is 1.67 bits per heavy atom. The van der Waals surface area contributed by atoms with Gasteiger partial charge in [0.2, 0.25) is 0 Å². The molecule has 24 heavy (non-hydrogen) atoms. The molecular formula is C19H36O5. The van der Waals surface area contributed by atoms with Gasteiger partial charge in [0.25, 0.3) is 0 Å². The highest BCUT2D eigenvalue weighted by Crippen LogP contribution is 2.19. The Kier molecular flexibility index (Phi) is 12.4.